The third-order valence-electron chi connectivity index (χ3n) is 4.16. The van der Waals surface area contributed by atoms with E-state index in [1.165, 1.54) is 5.56 Å². The predicted molar refractivity (Wildman–Crippen MR) is 77.7 cm³/mol. The van der Waals surface area contributed by atoms with E-state index in [2.05, 4.69) is 60.0 Å². The number of nitrogens with zero attached hydrogens (tertiary/aromatic N) is 3. The van der Waals surface area contributed by atoms with E-state index >= 15 is 0 Å². The zero-order valence-corrected chi connectivity index (χ0v) is 11.9. The third kappa shape index (κ3) is 3.34. The van der Waals surface area contributed by atoms with Crippen molar-refractivity contribution in [2.24, 2.45) is 0 Å². The zero-order chi connectivity index (χ0) is 13.7. The number of piperazine rings is 1. The van der Waals surface area contributed by atoms with Crippen molar-refractivity contribution in [2.75, 3.05) is 26.2 Å². The molecule has 2 unspecified atom stereocenters. The highest BCUT2D eigenvalue weighted by Crippen LogP contribution is 2.22. The molecule has 0 N–H and O–H groups in total. The molecular weight excluding hydrogens is 234 g/mol. The molecule has 0 aliphatic carbocycles. The number of hydrogen-bond donors (Lipinski definition) is 0. The van der Waals surface area contributed by atoms with Crippen LogP contribution in [0, 0.1) is 11.3 Å². The molecular formula is C16H23N3. The Morgan fingerprint density at radius 2 is 1.68 bits per heavy atom. The summed E-state index contributed by atoms with van der Waals surface area (Å²) in [5.74, 6) is 0. The summed E-state index contributed by atoms with van der Waals surface area (Å²) in [6, 6.07) is 13.6. The maximum Gasteiger partial charge on any atom is 0.0976 e. The number of hydrogen-bond acceptors (Lipinski definition) is 3. The van der Waals surface area contributed by atoms with Gasteiger partial charge in [0.2, 0.25) is 0 Å². The number of rotatable bonds is 4. The Bertz CT molecular complexity index is 415. The van der Waals surface area contributed by atoms with Crippen LogP contribution in [-0.4, -0.2) is 42.0 Å². The van der Waals surface area contributed by atoms with E-state index in [1.807, 2.05) is 0 Å². The Labute approximate surface area is 116 Å². The summed E-state index contributed by atoms with van der Waals surface area (Å²) in [5.41, 5.74) is 1.38. The molecule has 0 saturated carbocycles. The van der Waals surface area contributed by atoms with Gasteiger partial charge < -0.3 is 0 Å². The second-order valence-electron chi connectivity index (χ2n) is 5.21. The van der Waals surface area contributed by atoms with Gasteiger partial charge in [0.15, 0.2) is 0 Å². The monoisotopic (exact) mass is 257 g/mol. The van der Waals surface area contributed by atoms with E-state index in [-0.39, 0.29) is 6.04 Å². The van der Waals surface area contributed by atoms with Crippen molar-refractivity contribution in [3.8, 4) is 6.07 Å². The van der Waals surface area contributed by atoms with Crippen LogP contribution in [0.25, 0.3) is 0 Å². The minimum Gasteiger partial charge on any atom is -0.294 e. The SMILES string of the molecule is CCC(C#N)N1CCN(C(C)c2ccccc2)CC1. The summed E-state index contributed by atoms with van der Waals surface area (Å²) in [6.45, 7) is 8.47. The fraction of sp³-hybridized carbons (Fsp3) is 0.562. The summed E-state index contributed by atoms with van der Waals surface area (Å²) in [4.78, 5) is 4.82. The standard InChI is InChI=1S/C16H23N3/c1-3-16(13-17)19-11-9-18(10-12-19)14(2)15-7-5-4-6-8-15/h4-8,14,16H,3,9-12H2,1-2H3. The van der Waals surface area contributed by atoms with Gasteiger partial charge in [-0.05, 0) is 18.9 Å². The molecule has 1 heterocycles. The molecule has 1 aromatic carbocycles. The maximum absolute atomic E-state index is 9.13. The molecule has 1 aliphatic rings. The average Bonchev–Trinajstić information content (AvgIpc) is 2.49. The largest absolute Gasteiger partial charge is 0.294 e. The van der Waals surface area contributed by atoms with Crippen LogP contribution in [0.15, 0.2) is 30.3 Å². The molecule has 0 bridgehead atoms. The van der Waals surface area contributed by atoms with Crippen LogP contribution < -0.4 is 0 Å². The highest BCUT2D eigenvalue weighted by molar-refractivity contribution is 5.18. The quantitative estimate of drug-likeness (QED) is 0.830. The van der Waals surface area contributed by atoms with E-state index < -0.39 is 0 Å². The molecule has 0 spiro atoms. The summed E-state index contributed by atoms with van der Waals surface area (Å²) >= 11 is 0. The second-order valence-corrected chi connectivity index (χ2v) is 5.21. The Kier molecular flexibility index (Phi) is 4.95. The van der Waals surface area contributed by atoms with Crippen molar-refractivity contribution in [3.05, 3.63) is 35.9 Å². The summed E-state index contributed by atoms with van der Waals surface area (Å²) in [7, 11) is 0. The molecule has 1 aromatic rings. The van der Waals surface area contributed by atoms with Gasteiger partial charge in [-0.3, -0.25) is 9.80 Å². The second kappa shape index (κ2) is 6.70. The first-order chi connectivity index (χ1) is 9.26. The molecule has 19 heavy (non-hydrogen) atoms. The summed E-state index contributed by atoms with van der Waals surface area (Å²) in [6.07, 6.45) is 0.921. The Hall–Kier alpha value is -1.37. The van der Waals surface area contributed by atoms with Gasteiger partial charge in [-0.15, -0.1) is 0 Å². The third-order valence-corrected chi connectivity index (χ3v) is 4.16. The first-order valence-electron chi connectivity index (χ1n) is 7.19. The first kappa shape index (κ1) is 14.0. The van der Waals surface area contributed by atoms with Gasteiger partial charge in [-0.2, -0.15) is 5.26 Å². The Morgan fingerprint density at radius 3 is 2.21 bits per heavy atom. The minimum atomic E-state index is 0.0918. The topological polar surface area (TPSA) is 30.3 Å². The van der Waals surface area contributed by atoms with Crippen LogP contribution >= 0.6 is 0 Å². The Balaban J connectivity index is 1.92. The van der Waals surface area contributed by atoms with Crippen LogP contribution in [0.2, 0.25) is 0 Å². The van der Waals surface area contributed by atoms with Gasteiger partial charge in [0, 0.05) is 32.2 Å². The van der Waals surface area contributed by atoms with Crippen molar-refractivity contribution in [1.29, 1.82) is 5.26 Å². The highest BCUT2D eigenvalue weighted by Gasteiger charge is 2.25. The molecule has 0 radical (unpaired) electrons. The average molecular weight is 257 g/mol. The lowest BCUT2D eigenvalue weighted by Gasteiger charge is -2.39. The van der Waals surface area contributed by atoms with Crippen molar-refractivity contribution in [2.45, 2.75) is 32.4 Å². The van der Waals surface area contributed by atoms with Gasteiger partial charge in [-0.25, -0.2) is 0 Å². The van der Waals surface area contributed by atoms with Crippen LogP contribution in [-0.2, 0) is 0 Å². The van der Waals surface area contributed by atoms with E-state index in [9.17, 15) is 0 Å². The van der Waals surface area contributed by atoms with Crippen molar-refractivity contribution in [3.63, 3.8) is 0 Å². The summed E-state index contributed by atoms with van der Waals surface area (Å²) in [5, 5.41) is 9.13. The van der Waals surface area contributed by atoms with Gasteiger partial charge >= 0.3 is 0 Å². The number of benzene rings is 1. The molecule has 2 atom stereocenters. The van der Waals surface area contributed by atoms with E-state index in [0.29, 0.717) is 6.04 Å². The molecule has 1 saturated heterocycles. The minimum absolute atomic E-state index is 0.0918. The first-order valence-corrected chi connectivity index (χ1v) is 7.19. The van der Waals surface area contributed by atoms with Gasteiger partial charge in [-0.1, -0.05) is 37.3 Å². The molecule has 2 rings (SSSR count). The molecule has 3 heteroatoms. The van der Waals surface area contributed by atoms with Gasteiger partial charge in [0.05, 0.1) is 12.1 Å². The van der Waals surface area contributed by atoms with Gasteiger partial charge in [0.1, 0.15) is 0 Å². The van der Waals surface area contributed by atoms with Crippen LogP contribution in [0.1, 0.15) is 31.9 Å². The fourth-order valence-electron chi connectivity index (χ4n) is 2.81. The lowest BCUT2D eigenvalue weighted by atomic mass is 10.1. The normalized spacial score (nSPS) is 20.7. The fourth-order valence-corrected chi connectivity index (χ4v) is 2.81. The molecule has 0 amide bonds. The molecule has 0 aromatic heterocycles. The number of nitriles is 1. The zero-order valence-electron chi connectivity index (χ0n) is 11.9. The van der Waals surface area contributed by atoms with E-state index in [1.54, 1.807) is 0 Å². The smallest absolute Gasteiger partial charge is 0.0976 e. The van der Waals surface area contributed by atoms with Crippen molar-refractivity contribution >= 4 is 0 Å². The lowest BCUT2D eigenvalue weighted by molar-refractivity contribution is 0.0867. The maximum atomic E-state index is 9.13. The molecule has 102 valence electrons. The molecule has 3 nitrogen and oxygen atoms in total. The highest BCUT2D eigenvalue weighted by atomic mass is 15.3. The van der Waals surface area contributed by atoms with Crippen LogP contribution in [0.5, 0.6) is 0 Å². The predicted octanol–water partition coefficient (Wildman–Crippen LogP) is 2.67. The summed E-state index contributed by atoms with van der Waals surface area (Å²) < 4.78 is 0. The van der Waals surface area contributed by atoms with Crippen molar-refractivity contribution < 1.29 is 0 Å². The van der Waals surface area contributed by atoms with Crippen LogP contribution in [0.3, 0.4) is 0 Å². The van der Waals surface area contributed by atoms with Gasteiger partial charge in [0.25, 0.3) is 0 Å². The van der Waals surface area contributed by atoms with Crippen LogP contribution in [0.4, 0.5) is 0 Å². The van der Waals surface area contributed by atoms with E-state index in [0.717, 1.165) is 32.6 Å². The molecule has 1 fully saturated rings. The molecule has 1 aliphatic heterocycles. The van der Waals surface area contributed by atoms with Crippen molar-refractivity contribution in [1.82, 2.24) is 9.80 Å². The van der Waals surface area contributed by atoms with E-state index in [4.69, 9.17) is 5.26 Å². The Morgan fingerprint density at radius 1 is 1.11 bits per heavy atom. The lowest BCUT2D eigenvalue weighted by Crippen LogP contribution is -2.50.